The van der Waals surface area contributed by atoms with Crippen LogP contribution in [-0.2, 0) is 0 Å². The summed E-state index contributed by atoms with van der Waals surface area (Å²) in [6, 6.07) is 5.65. The molecule has 0 saturated heterocycles. The largest absolute Gasteiger partial charge is 0.491 e. The Morgan fingerprint density at radius 3 is 2.35 bits per heavy atom. The van der Waals surface area contributed by atoms with Crippen molar-refractivity contribution in [3.63, 3.8) is 0 Å². The molecule has 0 aliphatic carbocycles. The van der Waals surface area contributed by atoms with E-state index in [-0.39, 0.29) is 6.10 Å². The molecular formula is C14H23NO2. The maximum absolute atomic E-state index is 6.00. The molecule has 3 nitrogen and oxygen atoms in total. The van der Waals surface area contributed by atoms with Gasteiger partial charge in [-0.25, -0.2) is 0 Å². The number of rotatable bonds is 6. The van der Waals surface area contributed by atoms with E-state index in [1.165, 1.54) is 0 Å². The molecule has 0 aliphatic heterocycles. The number of anilines is 1. The summed E-state index contributed by atoms with van der Waals surface area (Å²) in [5.41, 5.74) is 6.59. The lowest BCUT2D eigenvalue weighted by atomic mass is 10.1. The number of ether oxygens (including phenoxy) is 2. The van der Waals surface area contributed by atoms with Crippen LogP contribution < -0.4 is 15.2 Å². The van der Waals surface area contributed by atoms with E-state index >= 15 is 0 Å². The van der Waals surface area contributed by atoms with Gasteiger partial charge in [0.2, 0.25) is 0 Å². The fourth-order valence-corrected chi connectivity index (χ4v) is 1.41. The van der Waals surface area contributed by atoms with Crippen LogP contribution >= 0.6 is 0 Å². The van der Waals surface area contributed by atoms with Gasteiger partial charge in [-0.15, -0.1) is 0 Å². The average molecular weight is 237 g/mol. The van der Waals surface area contributed by atoms with Gasteiger partial charge in [0, 0.05) is 0 Å². The van der Waals surface area contributed by atoms with Gasteiger partial charge in [0.15, 0.2) is 0 Å². The summed E-state index contributed by atoms with van der Waals surface area (Å²) in [6.07, 6.45) is 1.14. The highest BCUT2D eigenvalue weighted by molar-refractivity contribution is 5.62. The van der Waals surface area contributed by atoms with Crippen LogP contribution in [0.1, 0.15) is 34.1 Å². The van der Waals surface area contributed by atoms with Gasteiger partial charge >= 0.3 is 0 Å². The minimum absolute atomic E-state index is 0.114. The zero-order valence-corrected chi connectivity index (χ0v) is 11.2. The molecule has 17 heavy (non-hydrogen) atoms. The van der Waals surface area contributed by atoms with Crippen LogP contribution in [0.2, 0.25) is 0 Å². The van der Waals surface area contributed by atoms with Gasteiger partial charge in [-0.2, -0.15) is 0 Å². The van der Waals surface area contributed by atoms with E-state index in [0.717, 1.165) is 6.42 Å². The molecule has 0 fully saturated rings. The molecule has 0 aromatic heterocycles. The number of nitrogens with two attached hydrogens (primary N) is 1. The summed E-state index contributed by atoms with van der Waals surface area (Å²) in [5, 5.41) is 0. The minimum atomic E-state index is 0.114. The second kappa shape index (κ2) is 6.38. The van der Waals surface area contributed by atoms with Crippen LogP contribution in [0.15, 0.2) is 18.2 Å². The molecule has 2 N–H and O–H groups in total. The van der Waals surface area contributed by atoms with Gasteiger partial charge in [-0.05, 0) is 38.3 Å². The van der Waals surface area contributed by atoms with Gasteiger partial charge in [0.05, 0.1) is 12.7 Å². The highest BCUT2D eigenvalue weighted by Crippen LogP contribution is 2.32. The first-order chi connectivity index (χ1) is 8.00. The van der Waals surface area contributed by atoms with Crippen molar-refractivity contribution in [3.8, 4) is 11.5 Å². The standard InChI is InChI=1S/C14H23NO2/c1-10(2)8-9-16-12-6-5-7-13(14(12)15)17-11(3)4/h5-7,10-11H,8-9,15H2,1-4H3. The first-order valence-electron chi connectivity index (χ1n) is 6.18. The molecule has 0 spiro atoms. The van der Waals surface area contributed by atoms with Crippen molar-refractivity contribution in [1.29, 1.82) is 0 Å². The van der Waals surface area contributed by atoms with Crippen LogP contribution in [0, 0.1) is 5.92 Å². The molecule has 1 aromatic rings. The predicted molar refractivity (Wildman–Crippen MR) is 71.6 cm³/mol. The zero-order valence-electron chi connectivity index (χ0n) is 11.2. The molecule has 1 aromatic carbocycles. The van der Waals surface area contributed by atoms with Crippen molar-refractivity contribution < 1.29 is 9.47 Å². The average Bonchev–Trinajstić information content (AvgIpc) is 2.22. The second-order valence-corrected chi connectivity index (χ2v) is 4.87. The monoisotopic (exact) mass is 237 g/mol. The number of benzene rings is 1. The molecule has 0 aliphatic rings. The van der Waals surface area contributed by atoms with Gasteiger partial charge in [-0.3, -0.25) is 0 Å². The Bertz CT molecular complexity index is 348. The molecule has 3 heteroatoms. The maximum Gasteiger partial charge on any atom is 0.146 e. The lowest BCUT2D eigenvalue weighted by molar-refractivity contribution is 0.241. The SMILES string of the molecule is CC(C)CCOc1cccc(OC(C)C)c1N. The number of hydrogen-bond donors (Lipinski definition) is 1. The summed E-state index contributed by atoms with van der Waals surface area (Å²) in [5.74, 6) is 2.04. The number of nitrogen functional groups attached to an aromatic ring is 1. The molecule has 0 atom stereocenters. The first kappa shape index (κ1) is 13.7. The number of para-hydroxylation sites is 1. The van der Waals surface area contributed by atoms with Crippen molar-refractivity contribution in [2.45, 2.75) is 40.2 Å². The molecule has 1 rings (SSSR count). The molecule has 96 valence electrons. The third-order valence-corrected chi connectivity index (χ3v) is 2.34. The zero-order chi connectivity index (χ0) is 12.8. The van der Waals surface area contributed by atoms with Crippen molar-refractivity contribution >= 4 is 5.69 Å². The molecule has 0 bridgehead atoms. The highest BCUT2D eigenvalue weighted by Gasteiger charge is 2.08. The minimum Gasteiger partial charge on any atom is -0.491 e. The lowest BCUT2D eigenvalue weighted by Crippen LogP contribution is -2.09. The van der Waals surface area contributed by atoms with Gasteiger partial charge in [0.25, 0.3) is 0 Å². The van der Waals surface area contributed by atoms with Crippen molar-refractivity contribution in [2.24, 2.45) is 5.92 Å². The lowest BCUT2D eigenvalue weighted by Gasteiger charge is -2.15. The summed E-state index contributed by atoms with van der Waals surface area (Å²) >= 11 is 0. The quantitative estimate of drug-likeness (QED) is 0.770. The first-order valence-corrected chi connectivity index (χ1v) is 6.18. The maximum atomic E-state index is 6.00. The topological polar surface area (TPSA) is 44.5 Å². The third-order valence-electron chi connectivity index (χ3n) is 2.34. The summed E-state index contributed by atoms with van der Waals surface area (Å²) in [4.78, 5) is 0. The van der Waals surface area contributed by atoms with E-state index in [2.05, 4.69) is 13.8 Å². The molecular weight excluding hydrogens is 214 g/mol. The van der Waals surface area contributed by atoms with Crippen molar-refractivity contribution in [1.82, 2.24) is 0 Å². The Kier molecular flexibility index (Phi) is 5.13. The smallest absolute Gasteiger partial charge is 0.146 e. The van der Waals surface area contributed by atoms with E-state index in [4.69, 9.17) is 15.2 Å². The Balaban J connectivity index is 2.66. The predicted octanol–water partition coefficient (Wildman–Crippen LogP) is 3.48. The summed E-state index contributed by atoms with van der Waals surface area (Å²) in [6.45, 7) is 8.99. The Morgan fingerprint density at radius 1 is 1.12 bits per heavy atom. The van der Waals surface area contributed by atoms with Crippen LogP contribution in [0.5, 0.6) is 11.5 Å². The van der Waals surface area contributed by atoms with E-state index in [1.807, 2.05) is 32.0 Å². The van der Waals surface area contributed by atoms with Gasteiger partial charge < -0.3 is 15.2 Å². The second-order valence-electron chi connectivity index (χ2n) is 4.87. The Hall–Kier alpha value is -1.38. The molecule has 0 unspecified atom stereocenters. The number of hydrogen-bond acceptors (Lipinski definition) is 3. The van der Waals surface area contributed by atoms with Crippen molar-refractivity contribution in [2.75, 3.05) is 12.3 Å². The molecule has 0 heterocycles. The molecule has 0 radical (unpaired) electrons. The third kappa shape index (κ3) is 4.55. The van der Waals surface area contributed by atoms with E-state index < -0.39 is 0 Å². The van der Waals surface area contributed by atoms with Gasteiger partial charge in [-0.1, -0.05) is 19.9 Å². The van der Waals surface area contributed by atoms with Crippen LogP contribution in [0.3, 0.4) is 0 Å². The van der Waals surface area contributed by atoms with Crippen LogP contribution in [0.25, 0.3) is 0 Å². The summed E-state index contributed by atoms with van der Waals surface area (Å²) in [7, 11) is 0. The van der Waals surface area contributed by atoms with Crippen LogP contribution in [0.4, 0.5) is 5.69 Å². The highest BCUT2D eigenvalue weighted by atomic mass is 16.5. The van der Waals surface area contributed by atoms with Crippen molar-refractivity contribution in [3.05, 3.63) is 18.2 Å². The van der Waals surface area contributed by atoms with E-state index in [9.17, 15) is 0 Å². The summed E-state index contributed by atoms with van der Waals surface area (Å²) < 4.78 is 11.3. The fraction of sp³-hybridized carbons (Fsp3) is 0.571. The Labute approximate surface area is 104 Å². The van der Waals surface area contributed by atoms with E-state index in [1.54, 1.807) is 0 Å². The van der Waals surface area contributed by atoms with E-state index in [0.29, 0.717) is 29.7 Å². The fourth-order valence-electron chi connectivity index (χ4n) is 1.41. The normalized spacial score (nSPS) is 10.9. The molecule has 0 saturated carbocycles. The van der Waals surface area contributed by atoms with Gasteiger partial charge in [0.1, 0.15) is 17.2 Å². The van der Waals surface area contributed by atoms with Crippen LogP contribution in [-0.4, -0.2) is 12.7 Å². The molecule has 0 amide bonds. The Morgan fingerprint density at radius 2 is 1.76 bits per heavy atom.